The molecule has 2 amide bonds. The van der Waals surface area contributed by atoms with E-state index in [2.05, 4.69) is 5.32 Å². The summed E-state index contributed by atoms with van der Waals surface area (Å²) in [6.45, 7) is 1.60. The number of furan rings is 1. The van der Waals surface area contributed by atoms with Gasteiger partial charge in [0, 0.05) is 5.39 Å². The molecule has 0 saturated heterocycles. The van der Waals surface area contributed by atoms with Gasteiger partial charge in [-0.05, 0) is 31.2 Å². The highest BCUT2D eigenvalue weighted by Crippen LogP contribution is 2.23. The third kappa shape index (κ3) is 3.80. The van der Waals surface area contributed by atoms with E-state index in [1.165, 1.54) is 0 Å². The Labute approximate surface area is 144 Å². The van der Waals surface area contributed by atoms with Crippen LogP contribution in [-0.2, 0) is 4.79 Å². The SMILES string of the molecule is C[C@@H](NC(=O)COc1ccccc1C(N)=O)c1cc2ccccc2o1. The van der Waals surface area contributed by atoms with Gasteiger partial charge in [-0.2, -0.15) is 0 Å². The lowest BCUT2D eigenvalue weighted by Crippen LogP contribution is -2.31. The van der Waals surface area contributed by atoms with E-state index in [9.17, 15) is 9.59 Å². The number of carbonyl (C=O) groups is 2. The van der Waals surface area contributed by atoms with E-state index in [1.54, 1.807) is 24.3 Å². The molecule has 2 aromatic carbocycles. The van der Waals surface area contributed by atoms with Crippen molar-refractivity contribution < 1.29 is 18.7 Å². The molecule has 1 aromatic heterocycles. The second kappa shape index (κ2) is 7.09. The van der Waals surface area contributed by atoms with Crippen molar-refractivity contribution in [3.8, 4) is 5.75 Å². The van der Waals surface area contributed by atoms with Crippen LogP contribution in [0.1, 0.15) is 29.1 Å². The first-order valence-corrected chi connectivity index (χ1v) is 7.84. The molecule has 3 rings (SSSR count). The summed E-state index contributed by atoms with van der Waals surface area (Å²) >= 11 is 0. The van der Waals surface area contributed by atoms with Gasteiger partial charge >= 0.3 is 0 Å². The number of ether oxygens (including phenoxy) is 1. The van der Waals surface area contributed by atoms with Crippen LogP contribution in [0.15, 0.2) is 59.0 Å². The molecule has 0 unspecified atom stereocenters. The van der Waals surface area contributed by atoms with Crippen LogP contribution in [0.3, 0.4) is 0 Å². The van der Waals surface area contributed by atoms with Gasteiger partial charge in [0.2, 0.25) is 0 Å². The number of rotatable bonds is 6. The monoisotopic (exact) mass is 338 g/mol. The van der Waals surface area contributed by atoms with E-state index >= 15 is 0 Å². The molecule has 0 saturated carbocycles. The summed E-state index contributed by atoms with van der Waals surface area (Å²) in [5, 5.41) is 3.78. The zero-order valence-corrected chi connectivity index (χ0v) is 13.7. The highest BCUT2D eigenvalue weighted by molar-refractivity contribution is 5.95. The molecule has 0 aliphatic heterocycles. The number of hydrogen-bond acceptors (Lipinski definition) is 4. The molecule has 6 nitrogen and oxygen atoms in total. The fourth-order valence-electron chi connectivity index (χ4n) is 2.51. The lowest BCUT2D eigenvalue weighted by Gasteiger charge is -2.13. The fraction of sp³-hybridized carbons (Fsp3) is 0.158. The number of fused-ring (bicyclic) bond motifs is 1. The second-order valence-corrected chi connectivity index (χ2v) is 5.62. The smallest absolute Gasteiger partial charge is 0.258 e. The van der Waals surface area contributed by atoms with Crippen molar-refractivity contribution in [3.05, 3.63) is 65.9 Å². The van der Waals surface area contributed by atoms with E-state index in [1.807, 2.05) is 37.3 Å². The van der Waals surface area contributed by atoms with E-state index < -0.39 is 5.91 Å². The number of nitrogens with one attached hydrogen (secondary N) is 1. The summed E-state index contributed by atoms with van der Waals surface area (Å²) in [5.41, 5.74) is 6.29. The minimum atomic E-state index is -0.605. The van der Waals surface area contributed by atoms with Crippen LogP contribution in [0.4, 0.5) is 0 Å². The Morgan fingerprint density at radius 1 is 1.16 bits per heavy atom. The predicted molar refractivity (Wildman–Crippen MR) is 93.2 cm³/mol. The van der Waals surface area contributed by atoms with Crippen LogP contribution in [0.5, 0.6) is 5.75 Å². The number of carbonyl (C=O) groups excluding carboxylic acids is 2. The van der Waals surface area contributed by atoms with Gasteiger partial charge < -0.3 is 20.2 Å². The summed E-state index contributed by atoms with van der Waals surface area (Å²) in [4.78, 5) is 23.4. The molecule has 0 bridgehead atoms. The summed E-state index contributed by atoms with van der Waals surface area (Å²) in [6.07, 6.45) is 0. The van der Waals surface area contributed by atoms with Gasteiger partial charge in [0.25, 0.3) is 11.8 Å². The Morgan fingerprint density at radius 2 is 1.88 bits per heavy atom. The van der Waals surface area contributed by atoms with Crippen LogP contribution >= 0.6 is 0 Å². The standard InChI is InChI=1S/C19H18N2O4/c1-12(17-10-13-6-2-4-8-15(13)25-17)21-18(22)11-24-16-9-5-3-7-14(16)19(20)23/h2-10,12H,11H2,1H3,(H2,20,23)(H,21,22)/t12-/m1/s1. The predicted octanol–water partition coefficient (Wildman–Crippen LogP) is 2.79. The van der Waals surface area contributed by atoms with Crippen LogP contribution in [0, 0.1) is 0 Å². The van der Waals surface area contributed by atoms with Crippen LogP contribution in [0.2, 0.25) is 0 Å². The van der Waals surface area contributed by atoms with E-state index in [0.29, 0.717) is 5.76 Å². The summed E-state index contributed by atoms with van der Waals surface area (Å²) < 4.78 is 11.1. The largest absolute Gasteiger partial charge is 0.483 e. The van der Waals surface area contributed by atoms with Crippen molar-refractivity contribution in [3.63, 3.8) is 0 Å². The number of nitrogens with two attached hydrogens (primary N) is 1. The Kier molecular flexibility index (Phi) is 4.70. The van der Waals surface area contributed by atoms with E-state index in [4.69, 9.17) is 14.9 Å². The molecule has 0 radical (unpaired) electrons. The number of para-hydroxylation sites is 2. The van der Waals surface area contributed by atoms with Gasteiger partial charge in [-0.3, -0.25) is 9.59 Å². The molecule has 3 aromatic rings. The lowest BCUT2D eigenvalue weighted by atomic mass is 10.2. The molecule has 6 heteroatoms. The van der Waals surface area contributed by atoms with Crippen molar-refractivity contribution in [1.29, 1.82) is 0 Å². The van der Waals surface area contributed by atoms with Crippen molar-refractivity contribution >= 4 is 22.8 Å². The highest BCUT2D eigenvalue weighted by atomic mass is 16.5. The van der Waals surface area contributed by atoms with Gasteiger partial charge in [-0.15, -0.1) is 0 Å². The topological polar surface area (TPSA) is 94.6 Å². The van der Waals surface area contributed by atoms with Gasteiger partial charge in [-0.25, -0.2) is 0 Å². The lowest BCUT2D eigenvalue weighted by molar-refractivity contribution is -0.123. The maximum atomic E-state index is 12.1. The summed E-state index contributed by atoms with van der Waals surface area (Å²) in [5.74, 6) is 0.00695. The highest BCUT2D eigenvalue weighted by Gasteiger charge is 2.15. The average Bonchev–Trinajstić information content (AvgIpc) is 3.04. The molecule has 0 aliphatic rings. The minimum Gasteiger partial charge on any atom is -0.483 e. The van der Waals surface area contributed by atoms with Gasteiger partial charge in [0.15, 0.2) is 6.61 Å². The van der Waals surface area contributed by atoms with Gasteiger partial charge in [0.05, 0.1) is 11.6 Å². The van der Waals surface area contributed by atoms with Crippen molar-refractivity contribution in [1.82, 2.24) is 5.32 Å². The Balaban J connectivity index is 1.61. The Bertz CT molecular complexity index is 883. The number of hydrogen-bond donors (Lipinski definition) is 2. The van der Waals surface area contributed by atoms with Gasteiger partial charge in [0.1, 0.15) is 17.1 Å². The molecule has 3 N–H and O–H groups in total. The Morgan fingerprint density at radius 3 is 2.64 bits per heavy atom. The quantitative estimate of drug-likeness (QED) is 0.722. The molecule has 128 valence electrons. The zero-order valence-electron chi connectivity index (χ0n) is 13.7. The number of benzene rings is 2. The van der Waals surface area contributed by atoms with E-state index in [0.717, 1.165) is 11.0 Å². The maximum absolute atomic E-state index is 12.1. The molecular formula is C19H18N2O4. The Hall–Kier alpha value is -3.28. The first kappa shape index (κ1) is 16.6. The second-order valence-electron chi connectivity index (χ2n) is 5.62. The van der Waals surface area contributed by atoms with Crippen molar-refractivity contribution in [2.24, 2.45) is 5.73 Å². The normalized spacial score (nSPS) is 11.9. The summed E-state index contributed by atoms with van der Waals surface area (Å²) in [6, 6.07) is 15.7. The van der Waals surface area contributed by atoms with Gasteiger partial charge in [-0.1, -0.05) is 30.3 Å². The third-order valence-electron chi connectivity index (χ3n) is 3.76. The first-order chi connectivity index (χ1) is 12.0. The molecule has 25 heavy (non-hydrogen) atoms. The molecule has 1 heterocycles. The van der Waals surface area contributed by atoms with Crippen LogP contribution in [-0.4, -0.2) is 18.4 Å². The van der Waals surface area contributed by atoms with Crippen molar-refractivity contribution in [2.75, 3.05) is 6.61 Å². The maximum Gasteiger partial charge on any atom is 0.258 e. The third-order valence-corrected chi connectivity index (χ3v) is 3.76. The number of amides is 2. The molecule has 0 aliphatic carbocycles. The molecule has 1 atom stereocenters. The molecule has 0 fully saturated rings. The fourth-order valence-corrected chi connectivity index (χ4v) is 2.51. The minimum absolute atomic E-state index is 0.227. The van der Waals surface area contributed by atoms with Crippen molar-refractivity contribution in [2.45, 2.75) is 13.0 Å². The first-order valence-electron chi connectivity index (χ1n) is 7.84. The average molecular weight is 338 g/mol. The molecule has 0 spiro atoms. The summed E-state index contributed by atoms with van der Waals surface area (Å²) in [7, 11) is 0. The van der Waals surface area contributed by atoms with E-state index in [-0.39, 0.29) is 29.9 Å². The number of primary amides is 1. The van der Waals surface area contributed by atoms with Crippen LogP contribution in [0.25, 0.3) is 11.0 Å². The molecular weight excluding hydrogens is 320 g/mol. The zero-order chi connectivity index (χ0) is 17.8. The van der Waals surface area contributed by atoms with Crippen LogP contribution < -0.4 is 15.8 Å².